The van der Waals surface area contributed by atoms with Crippen LogP contribution in [0.3, 0.4) is 0 Å². The normalized spacial score (nSPS) is 21.1. The van der Waals surface area contributed by atoms with Gasteiger partial charge in [0.15, 0.2) is 5.76 Å². The van der Waals surface area contributed by atoms with Crippen LogP contribution in [0.4, 0.5) is 5.69 Å². The Morgan fingerprint density at radius 1 is 1.03 bits per heavy atom. The van der Waals surface area contributed by atoms with Crippen LogP contribution in [0.2, 0.25) is 0 Å². The van der Waals surface area contributed by atoms with Crippen LogP contribution in [0.5, 0.6) is 0 Å². The molecule has 3 heterocycles. The SMILES string of the molecule is CC1(C)CS(=O)(=O)N(c2ccc(S(=O)(=O)N3CCN(C(=O)c4ccco4)CC3)cc2)C1=O. The highest BCUT2D eigenvalue weighted by Crippen LogP contribution is 2.36. The molecule has 0 atom stereocenters. The van der Waals surface area contributed by atoms with Gasteiger partial charge in [0.05, 0.1) is 28.0 Å². The van der Waals surface area contributed by atoms with Gasteiger partial charge in [-0.05, 0) is 50.2 Å². The van der Waals surface area contributed by atoms with Crippen molar-refractivity contribution in [2.75, 3.05) is 36.2 Å². The first-order valence-electron chi connectivity index (χ1n) is 9.94. The van der Waals surface area contributed by atoms with Crippen molar-refractivity contribution >= 4 is 37.5 Å². The molecule has 1 aromatic heterocycles. The van der Waals surface area contributed by atoms with Crippen molar-refractivity contribution in [1.82, 2.24) is 9.21 Å². The van der Waals surface area contributed by atoms with Crippen LogP contribution in [0, 0.1) is 5.41 Å². The molecule has 2 amide bonds. The third-order valence-corrected chi connectivity index (χ3v) is 9.48. The first kappa shape index (κ1) is 22.5. The van der Waals surface area contributed by atoms with Crippen molar-refractivity contribution in [1.29, 1.82) is 0 Å². The van der Waals surface area contributed by atoms with Gasteiger partial charge in [-0.25, -0.2) is 21.1 Å². The monoisotopic (exact) mass is 481 g/mol. The Balaban J connectivity index is 1.49. The first-order valence-corrected chi connectivity index (χ1v) is 13.0. The number of sulfonamides is 2. The maximum absolute atomic E-state index is 13.0. The van der Waals surface area contributed by atoms with Crippen LogP contribution in [0.25, 0.3) is 0 Å². The van der Waals surface area contributed by atoms with Gasteiger partial charge in [0.2, 0.25) is 26.0 Å². The van der Waals surface area contributed by atoms with E-state index in [9.17, 15) is 26.4 Å². The van der Waals surface area contributed by atoms with Crippen LogP contribution in [-0.2, 0) is 24.8 Å². The lowest BCUT2D eigenvalue weighted by Gasteiger charge is -2.33. The van der Waals surface area contributed by atoms with Crippen molar-refractivity contribution < 1.29 is 30.8 Å². The summed E-state index contributed by atoms with van der Waals surface area (Å²) in [7, 11) is -7.67. The molecule has 32 heavy (non-hydrogen) atoms. The highest BCUT2D eigenvalue weighted by atomic mass is 32.2. The molecule has 10 nitrogen and oxygen atoms in total. The summed E-state index contributed by atoms with van der Waals surface area (Å²) in [5.74, 6) is -0.951. The molecular formula is C20H23N3O7S2. The molecule has 0 N–H and O–H groups in total. The van der Waals surface area contributed by atoms with Crippen molar-refractivity contribution in [3.8, 4) is 0 Å². The lowest BCUT2D eigenvalue weighted by molar-refractivity contribution is -0.123. The minimum Gasteiger partial charge on any atom is -0.459 e. The van der Waals surface area contributed by atoms with E-state index in [1.165, 1.54) is 39.7 Å². The third kappa shape index (κ3) is 3.82. The molecule has 2 fully saturated rings. The number of hydrogen-bond acceptors (Lipinski definition) is 7. The number of nitrogens with zero attached hydrogens (tertiary/aromatic N) is 3. The molecule has 0 aliphatic carbocycles. The zero-order valence-corrected chi connectivity index (χ0v) is 19.2. The molecule has 2 saturated heterocycles. The summed E-state index contributed by atoms with van der Waals surface area (Å²) in [5.41, 5.74) is -0.940. The largest absolute Gasteiger partial charge is 0.459 e. The smallest absolute Gasteiger partial charge is 0.289 e. The number of benzene rings is 1. The van der Waals surface area contributed by atoms with Crippen LogP contribution < -0.4 is 4.31 Å². The summed E-state index contributed by atoms with van der Waals surface area (Å²) in [5, 5.41) is 0. The minimum absolute atomic E-state index is 0.0182. The molecule has 0 spiro atoms. The molecule has 172 valence electrons. The van der Waals surface area contributed by atoms with Crippen LogP contribution in [0.1, 0.15) is 24.4 Å². The Kier molecular flexibility index (Phi) is 5.42. The summed E-state index contributed by atoms with van der Waals surface area (Å²) in [4.78, 5) is 26.4. The number of rotatable bonds is 4. The fourth-order valence-corrected chi connectivity index (χ4v) is 7.38. The number of hydrogen-bond donors (Lipinski definition) is 0. The molecule has 0 bridgehead atoms. The predicted octanol–water partition coefficient (Wildman–Crippen LogP) is 1.13. The Morgan fingerprint density at radius 2 is 1.66 bits per heavy atom. The van der Waals surface area contributed by atoms with Crippen molar-refractivity contribution in [2.24, 2.45) is 5.41 Å². The highest BCUT2D eigenvalue weighted by molar-refractivity contribution is 7.94. The van der Waals surface area contributed by atoms with Crippen LogP contribution in [-0.4, -0.2) is 69.8 Å². The van der Waals surface area contributed by atoms with E-state index in [2.05, 4.69) is 0 Å². The minimum atomic E-state index is -3.85. The van der Waals surface area contributed by atoms with E-state index in [0.717, 1.165) is 4.31 Å². The standard InChI is InChI=1S/C20H23N3O7S2/c1-20(2)14-31(26,27)23(19(20)25)15-5-7-16(8-6-15)32(28,29)22-11-9-21(10-12-22)18(24)17-4-3-13-30-17/h3-8,13H,9-12,14H2,1-2H3. The van der Waals surface area contributed by atoms with E-state index >= 15 is 0 Å². The van der Waals surface area contributed by atoms with Crippen molar-refractivity contribution in [3.05, 3.63) is 48.4 Å². The van der Waals surface area contributed by atoms with E-state index < -0.39 is 31.4 Å². The second-order valence-corrected chi connectivity index (χ2v) is 12.1. The zero-order chi connectivity index (χ0) is 23.3. The van der Waals surface area contributed by atoms with Gasteiger partial charge in [-0.2, -0.15) is 4.31 Å². The molecule has 1 aromatic carbocycles. The molecule has 2 aliphatic rings. The lowest BCUT2D eigenvalue weighted by atomic mass is 9.95. The van der Waals surface area contributed by atoms with Crippen molar-refractivity contribution in [2.45, 2.75) is 18.7 Å². The Hall–Kier alpha value is -2.70. The van der Waals surface area contributed by atoms with E-state index in [1.807, 2.05) is 0 Å². The average Bonchev–Trinajstić information content (AvgIpc) is 3.32. The summed E-state index contributed by atoms with van der Waals surface area (Å²) in [6.07, 6.45) is 1.40. The van der Waals surface area contributed by atoms with Gasteiger partial charge in [-0.1, -0.05) is 0 Å². The topological polar surface area (TPSA) is 125 Å². The number of carbonyl (C=O) groups excluding carboxylic acids is 2. The second-order valence-electron chi connectivity index (χ2n) is 8.38. The highest BCUT2D eigenvalue weighted by Gasteiger charge is 2.50. The summed E-state index contributed by atoms with van der Waals surface area (Å²) >= 11 is 0. The Morgan fingerprint density at radius 3 is 2.16 bits per heavy atom. The fourth-order valence-electron chi connectivity index (χ4n) is 3.85. The number of anilines is 1. The molecular weight excluding hydrogens is 458 g/mol. The lowest BCUT2D eigenvalue weighted by Crippen LogP contribution is -2.50. The average molecular weight is 482 g/mol. The van der Waals surface area contributed by atoms with Crippen molar-refractivity contribution in [3.63, 3.8) is 0 Å². The zero-order valence-electron chi connectivity index (χ0n) is 17.6. The van der Waals surface area contributed by atoms with Gasteiger partial charge in [0, 0.05) is 26.2 Å². The van der Waals surface area contributed by atoms with E-state index in [1.54, 1.807) is 26.0 Å². The second kappa shape index (κ2) is 7.71. The summed E-state index contributed by atoms with van der Waals surface area (Å²) in [6, 6.07) is 8.39. The number of amides is 2. The Labute approximate surface area is 186 Å². The fraction of sp³-hybridized carbons (Fsp3) is 0.400. The maximum atomic E-state index is 13.0. The van der Waals surface area contributed by atoms with Gasteiger partial charge >= 0.3 is 0 Å². The van der Waals surface area contributed by atoms with Gasteiger partial charge in [0.1, 0.15) is 0 Å². The number of piperazine rings is 1. The van der Waals surface area contributed by atoms with E-state index in [0.29, 0.717) is 0 Å². The van der Waals surface area contributed by atoms with E-state index in [-0.39, 0.29) is 54.2 Å². The van der Waals surface area contributed by atoms with Crippen LogP contribution in [0.15, 0.2) is 52.0 Å². The third-order valence-electron chi connectivity index (χ3n) is 5.55. The van der Waals surface area contributed by atoms with Gasteiger partial charge < -0.3 is 9.32 Å². The van der Waals surface area contributed by atoms with Crippen LogP contribution >= 0.6 is 0 Å². The van der Waals surface area contributed by atoms with Gasteiger partial charge in [-0.3, -0.25) is 9.59 Å². The quantitative estimate of drug-likeness (QED) is 0.641. The first-order chi connectivity index (χ1) is 14.9. The molecule has 2 aliphatic heterocycles. The van der Waals surface area contributed by atoms with E-state index in [4.69, 9.17) is 4.42 Å². The predicted molar refractivity (Wildman–Crippen MR) is 115 cm³/mol. The number of furan rings is 1. The van der Waals surface area contributed by atoms with Gasteiger partial charge in [-0.15, -0.1) is 0 Å². The number of carbonyl (C=O) groups is 2. The molecule has 4 rings (SSSR count). The molecule has 2 aromatic rings. The van der Waals surface area contributed by atoms with Gasteiger partial charge in [0.25, 0.3) is 5.91 Å². The molecule has 0 saturated carbocycles. The molecule has 12 heteroatoms. The maximum Gasteiger partial charge on any atom is 0.289 e. The summed E-state index contributed by atoms with van der Waals surface area (Å²) < 4.78 is 58.0. The Bertz CT molecular complexity index is 1240. The molecule has 0 radical (unpaired) electrons. The summed E-state index contributed by atoms with van der Waals surface area (Å²) in [6.45, 7) is 3.77. The molecule has 0 unspecified atom stereocenters.